The summed E-state index contributed by atoms with van der Waals surface area (Å²) in [5.41, 5.74) is 4.45. The van der Waals surface area contributed by atoms with Gasteiger partial charge in [0.15, 0.2) is 0 Å². The lowest BCUT2D eigenvalue weighted by atomic mass is 9.90. The van der Waals surface area contributed by atoms with Crippen molar-refractivity contribution in [2.45, 2.75) is 25.7 Å². The van der Waals surface area contributed by atoms with Crippen LogP contribution in [0, 0.1) is 0 Å². The average Bonchev–Trinajstić information content (AvgIpc) is 2.48. The number of hydrogen-bond acceptors (Lipinski definition) is 3. The quantitative estimate of drug-likeness (QED) is 0.895. The number of aromatic carboxylic acids is 1. The zero-order chi connectivity index (χ0) is 13.9. The van der Waals surface area contributed by atoms with Gasteiger partial charge in [0, 0.05) is 11.9 Å². The second-order valence-electron chi connectivity index (χ2n) is 5.00. The van der Waals surface area contributed by atoms with Gasteiger partial charge in [-0.3, -0.25) is 4.98 Å². The number of rotatable bonds is 3. The summed E-state index contributed by atoms with van der Waals surface area (Å²) in [7, 11) is 0. The molecule has 2 N–H and O–H groups in total. The number of fused-ring (bicyclic) bond motifs is 1. The standard InChI is InChI=1S/C16H16N2O2/c19-16(20)13-8-9-17-10-15(13)18-14-7-3-5-11-4-1-2-6-12(11)14/h3,5,7-10,18H,1-2,4,6H2,(H,19,20). The highest BCUT2D eigenvalue weighted by Crippen LogP contribution is 2.30. The van der Waals surface area contributed by atoms with Crippen LogP contribution in [0.2, 0.25) is 0 Å². The first-order valence-electron chi connectivity index (χ1n) is 6.81. The van der Waals surface area contributed by atoms with E-state index < -0.39 is 5.97 Å². The molecule has 4 nitrogen and oxygen atoms in total. The van der Waals surface area contributed by atoms with Crippen LogP contribution in [0.15, 0.2) is 36.7 Å². The Morgan fingerprint density at radius 1 is 1.15 bits per heavy atom. The predicted molar refractivity (Wildman–Crippen MR) is 77.6 cm³/mol. The molecule has 0 fully saturated rings. The molecule has 1 heterocycles. The predicted octanol–water partition coefficient (Wildman–Crippen LogP) is 3.40. The maximum Gasteiger partial charge on any atom is 0.337 e. The van der Waals surface area contributed by atoms with E-state index >= 15 is 0 Å². The third kappa shape index (κ3) is 2.37. The monoisotopic (exact) mass is 268 g/mol. The molecule has 0 atom stereocenters. The Hall–Kier alpha value is -2.36. The van der Waals surface area contributed by atoms with Gasteiger partial charge in [-0.05, 0) is 48.9 Å². The van der Waals surface area contributed by atoms with Gasteiger partial charge in [0.05, 0.1) is 17.4 Å². The van der Waals surface area contributed by atoms with Crippen LogP contribution in [0.4, 0.5) is 11.4 Å². The first kappa shape index (κ1) is 12.7. The summed E-state index contributed by atoms with van der Waals surface area (Å²) in [4.78, 5) is 15.2. The van der Waals surface area contributed by atoms with Gasteiger partial charge >= 0.3 is 5.97 Å². The van der Waals surface area contributed by atoms with Crippen molar-refractivity contribution in [1.29, 1.82) is 0 Å². The van der Waals surface area contributed by atoms with Crippen LogP contribution >= 0.6 is 0 Å². The van der Waals surface area contributed by atoms with Crippen molar-refractivity contribution >= 4 is 17.3 Å². The molecule has 2 aromatic rings. The third-order valence-corrected chi connectivity index (χ3v) is 3.72. The molecule has 1 aromatic heterocycles. The summed E-state index contributed by atoms with van der Waals surface area (Å²) in [6, 6.07) is 7.69. The second kappa shape index (κ2) is 5.33. The largest absolute Gasteiger partial charge is 0.478 e. The summed E-state index contributed by atoms with van der Waals surface area (Å²) >= 11 is 0. The Morgan fingerprint density at radius 2 is 2.00 bits per heavy atom. The first-order valence-corrected chi connectivity index (χ1v) is 6.81. The maximum atomic E-state index is 11.2. The summed E-state index contributed by atoms with van der Waals surface area (Å²) in [6.45, 7) is 0. The van der Waals surface area contributed by atoms with Crippen LogP contribution in [-0.4, -0.2) is 16.1 Å². The lowest BCUT2D eigenvalue weighted by Crippen LogP contribution is -2.08. The Labute approximate surface area is 117 Å². The number of carbonyl (C=O) groups is 1. The Bertz CT molecular complexity index is 653. The van der Waals surface area contributed by atoms with E-state index in [1.807, 2.05) is 12.1 Å². The van der Waals surface area contributed by atoms with Crippen molar-refractivity contribution in [2.75, 3.05) is 5.32 Å². The minimum absolute atomic E-state index is 0.244. The molecule has 1 aromatic carbocycles. The minimum atomic E-state index is -0.945. The molecule has 0 spiro atoms. The van der Waals surface area contributed by atoms with Crippen molar-refractivity contribution in [3.63, 3.8) is 0 Å². The molecule has 1 aliphatic carbocycles. The van der Waals surface area contributed by atoms with Crippen molar-refractivity contribution in [2.24, 2.45) is 0 Å². The fraction of sp³-hybridized carbons (Fsp3) is 0.250. The van der Waals surface area contributed by atoms with Crippen LogP contribution in [0.3, 0.4) is 0 Å². The van der Waals surface area contributed by atoms with E-state index in [1.54, 1.807) is 6.20 Å². The fourth-order valence-electron chi connectivity index (χ4n) is 2.72. The zero-order valence-electron chi connectivity index (χ0n) is 11.1. The van der Waals surface area contributed by atoms with E-state index in [9.17, 15) is 9.90 Å². The van der Waals surface area contributed by atoms with Crippen LogP contribution in [0.1, 0.15) is 34.3 Å². The number of benzene rings is 1. The lowest BCUT2D eigenvalue weighted by molar-refractivity contribution is 0.0698. The van der Waals surface area contributed by atoms with Crippen molar-refractivity contribution < 1.29 is 9.90 Å². The summed E-state index contributed by atoms with van der Waals surface area (Å²) in [5.74, 6) is -0.945. The van der Waals surface area contributed by atoms with Gasteiger partial charge in [-0.1, -0.05) is 12.1 Å². The van der Waals surface area contributed by atoms with E-state index in [4.69, 9.17) is 0 Å². The number of anilines is 2. The SMILES string of the molecule is O=C(O)c1ccncc1Nc1cccc2c1CCCC2. The van der Waals surface area contributed by atoms with Gasteiger partial charge in [-0.2, -0.15) is 0 Å². The fourth-order valence-corrected chi connectivity index (χ4v) is 2.72. The molecule has 0 unspecified atom stereocenters. The van der Waals surface area contributed by atoms with Crippen molar-refractivity contribution in [1.82, 2.24) is 4.98 Å². The minimum Gasteiger partial charge on any atom is -0.478 e. The topological polar surface area (TPSA) is 62.2 Å². The van der Waals surface area contributed by atoms with E-state index in [0.717, 1.165) is 18.5 Å². The molecule has 20 heavy (non-hydrogen) atoms. The highest BCUT2D eigenvalue weighted by Gasteiger charge is 2.15. The van der Waals surface area contributed by atoms with Crippen molar-refractivity contribution in [3.05, 3.63) is 53.3 Å². The van der Waals surface area contributed by atoms with Crippen LogP contribution in [0.25, 0.3) is 0 Å². The number of aromatic nitrogens is 1. The van der Waals surface area contributed by atoms with Crippen LogP contribution < -0.4 is 5.32 Å². The molecular formula is C16H16N2O2. The number of carboxylic acid groups (broad SMARTS) is 1. The molecule has 4 heteroatoms. The van der Waals surface area contributed by atoms with Gasteiger partial charge in [-0.25, -0.2) is 4.79 Å². The summed E-state index contributed by atoms with van der Waals surface area (Å²) in [6.07, 6.45) is 7.61. The zero-order valence-corrected chi connectivity index (χ0v) is 11.1. The highest BCUT2D eigenvalue weighted by atomic mass is 16.4. The number of hydrogen-bond donors (Lipinski definition) is 2. The number of nitrogens with zero attached hydrogens (tertiary/aromatic N) is 1. The average molecular weight is 268 g/mol. The number of carboxylic acids is 1. The molecule has 102 valence electrons. The first-order chi connectivity index (χ1) is 9.75. The normalized spacial score (nSPS) is 13.6. The molecule has 3 rings (SSSR count). The van der Waals surface area contributed by atoms with Gasteiger partial charge in [-0.15, -0.1) is 0 Å². The lowest BCUT2D eigenvalue weighted by Gasteiger charge is -2.20. The van der Waals surface area contributed by atoms with E-state index in [2.05, 4.69) is 16.4 Å². The number of pyridine rings is 1. The van der Waals surface area contributed by atoms with Gasteiger partial charge in [0.25, 0.3) is 0 Å². The molecule has 0 bridgehead atoms. The highest BCUT2D eigenvalue weighted by molar-refractivity contribution is 5.95. The van der Waals surface area contributed by atoms with Crippen LogP contribution in [0.5, 0.6) is 0 Å². The smallest absolute Gasteiger partial charge is 0.337 e. The van der Waals surface area contributed by atoms with Crippen LogP contribution in [-0.2, 0) is 12.8 Å². The maximum absolute atomic E-state index is 11.2. The molecule has 0 saturated heterocycles. The Balaban J connectivity index is 1.98. The van der Waals surface area contributed by atoms with Gasteiger partial charge in [0.2, 0.25) is 0 Å². The van der Waals surface area contributed by atoms with E-state index in [1.165, 1.54) is 36.2 Å². The van der Waals surface area contributed by atoms with E-state index in [0.29, 0.717) is 5.69 Å². The van der Waals surface area contributed by atoms with E-state index in [-0.39, 0.29) is 5.56 Å². The molecule has 0 aliphatic heterocycles. The molecule has 0 amide bonds. The van der Waals surface area contributed by atoms with Gasteiger partial charge < -0.3 is 10.4 Å². The third-order valence-electron chi connectivity index (χ3n) is 3.72. The molecule has 0 radical (unpaired) electrons. The number of nitrogens with one attached hydrogen (secondary N) is 1. The molecular weight excluding hydrogens is 252 g/mol. The Kier molecular flexibility index (Phi) is 3.37. The Morgan fingerprint density at radius 3 is 2.85 bits per heavy atom. The van der Waals surface area contributed by atoms with Crippen molar-refractivity contribution in [3.8, 4) is 0 Å². The molecule has 0 saturated carbocycles. The second-order valence-corrected chi connectivity index (χ2v) is 5.00. The summed E-state index contributed by atoms with van der Waals surface area (Å²) in [5, 5.41) is 12.5. The molecule has 1 aliphatic rings. The van der Waals surface area contributed by atoms with Gasteiger partial charge in [0.1, 0.15) is 0 Å². The number of aryl methyl sites for hydroxylation is 1. The summed E-state index contributed by atoms with van der Waals surface area (Å²) < 4.78 is 0.